The van der Waals surface area contributed by atoms with Crippen LogP contribution in [0.3, 0.4) is 0 Å². The standard InChI is InChI=1S/C18H18N2O/c1-3-13-8-10-14(11-9-13)12-17(21)18-15-6-4-5-7-16(15)20(2)19-18/h4-11H,3,12H2,1-2H3. The smallest absolute Gasteiger partial charge is 0.188 e. The third-order valence-electron chi connectivity index (χ3n) is 3.82. The summed E-state index contributed by atoms with van der Waals surface area (Å²) in [6.45, 7) is 2.13. The SMILES string of the molecule is CCc1ccc(CC(=O)c2nn(C)c3ccccc23)cc1. The average Bonchev–Trinajstić information content (AvgIpc) is 2.86. The monoisotopic (exact) mass is 278 g/mol. The number of ketones is 1. The molecule has 3 heteroatoms. The van der Waals surface area contributed by atoms with Crippen LogP contribution in [0.5, 0.6) is 0 Å². The van der Waals surface area contributed by atoms with Crippen molar-refractivity contribution in [3.8, 4) is 0 Å². The van der Waals surface area contributed by atoms with Gasteiger partial charge < -0.3 is 0 Å². The van der Waals surface area contributed by atoms with E-state index in [1.165, 1.54) is 5.56 Å². The fourth-order valence-electron chi connectivity index (χ4n) is 2.58. The molecule has 1 heterocycles. The molecule has 0 atom stereocenters. The highest BCUT2D eigenvalue weighted by molar-refractivity contribution is 6.06. The van der Waals surface area contributed by atoms with E-state index in [0.29, 0.717) is 12.1 Å². The topological polar surface area (TPSA) is 34.9 Å². The second-order valence-corrected chi connectivity index (χ2v) is 5.26. The summed E-state index contributed by atoms with van der Waals surface area (Å²) in [5, 5.41) is 5.31. The number of aryl methyl sites for hydroxylation is 2. The van der Waals surface area contributed by atoms with Gasteiger partial charge in [0.1, 0.15) is 5.69 Å². The highest BCUT2D eigenvalue weighted by Gasteiger charge is 2.15. The Morgan fingerprint density at radius 1 is 1.05 bits per heavy atom. The first-order valence-corrected chi connectivity index (χ1v) is 7.22. The number of fused-ring (bicyclic) bond motifs is 1. The van der Waals surface area contributed by atoms with Crippen LogP contribution in [-0.4, -0.2) is 15.6 Å². The molecular formula is C18H18N2O. The van der Waals surface area contributed by atoms with Gasteiger partial charge in [-0.2, -0.15) is 5.10 Å². The minimum Gasteiger partial charge on any atom is -0.292 e. The zero-order chi connectivity index (χ0) is 14.8. The highest BCUT2D eigenvalue weighted by Crippen LogP contribution is 2.19. The van der Waals surface area contributed by atoms with E-state index in [9.17, 15) is 4.79 Å². The van der Waals surface area contributed by atoms with Crippen LogP contribution in [0.2, 0.25) is 0 Å². The summed E-state index contributed by atoms with van der Waals surface area (Å²) in [4.78, 5) is 12.5. The Labute approximate surface area is 124 Å². The molecule has 0 saturated heterocycles. The second-order valence-electron chi connectivity index (χ2n) is 5.26. The van der Waals surface area contributed by atoms with E-state index in [1.807, 2.05) is 43.4 Å². The summed E-state index contributed by atoms with van der Waals surface area (Å²) in [6.07, 6.45) is 1.41. The minimum absolute atomic E-state index is 0.0658. The lowest BCUT2D eigenvalue weighted by molar-refractivity contribution is 0.0989. The van der Waals surface area contributed by atoms with E-state index in [0.717, 1.165) is 22.9 Å². The van der Waals surface area contributed by atoms with Crippen molar-refractivity contribution >= 4 is 16.7 Å². The van der Waals surface area contributed by atoms with Crippen LogP contribution in [0.25, 0.3) is 10.9 Å². The zero-order valence-electron chi connectivity index (χ0n) is 12.3. The first-order chi connectivity index (χ1) is 10.2. The molecule has 0 N–H and O–H groups in total. The second kappa shape index (κ2) is 5.52. The Hall–Kier alpha value is -2.42. The lowest BCUT2D eigenvalue weighted by Crippen LogP contribution is -2.05. The number of nitrogens with zero attached hydrogens (tertiary/aromatic N) is 2. The molecule has 0 amide bonds. The van der Waals surface area contributed by atoms with E-state index >= 15 is 0 Å². The van der Waals surface area contributed by atoms with Gasteiger partial charge in [0, 0.05) is 18.9 Å². The van der Waals surface area contributed by atoms with Gasteiger partial charge in [-0.05, 0) is 23.6 Å². The van der Waals surface area contributed by atoms with Gasteiger partial charge in [0.05, 0.1) is 5.52 Å². The van der Waals surface area contributed by atoms with Gasteiger partial charge in [-0.25, -0.2) is 0 Å². The number of carbonyl (C=O) groups is 1. The van der Waals surface area contributed by atoms with Crippen LogP contribution in [0, 0.1) is 0 Å². The largest absolute Gasteiger partial charge is 0.292 e. The van der Waals surface area contributed by atoms with Gasteiger partial charge in [-0.3, -0.25) is 9.48 Å². The van der Waals surface area contributed by atoms with E-state index in [-0.39, 0.29) is 5.78 Å². The number of aromatic nitrogens is 2. The van der Waals surface area contributed by atoms with E-state index in [2.05, 4.69) is 24.2 Å². The Morgan fingerprint density at radius 2 is 1.71 bits per heavy atom. The molecule has 0 unspecified atom stereocenters. The Morgan fingerprint density at radius 3 is 2.43 bits per heavy atom. The summed E-state index contributed by atoms with van der Waals surface area (Å²) in [5.41, 5.74) is 3.87. The number of carbonyl (C=O) groups excluding carboxylic acids is 1. The van der Waals surface area contributed by atoms with Crippen molar-refractivity contribution in [1.29, 1.82) is 0 Å². The first kappa shape index (κ1) is 13.6. The van der Waals surface area contributed by atoms with Gasteiger partial charge in [-0.1, -0.05) is 49.4 Å². The number of para-hydroxylation sites is 1. The van der Waals surface area contributed by atoms with Crippen LogP contribution in [0.15, 0.2) is 48.5 Å². The molecule has 0 bridgehead atoms. The maximum absolute atomic E-state index is 12.5. The molecule has 3 aromatic rings. The van der Waals surface area contributed by atoms with Gasteiger partial charge in [0.25, 0.3) is 0 Å². The van der Waals surface area contributed by atoms with E-state index < -0.39 is 0 Å². The number of benzene rings is 2. The molecular weight excluding hydrogens is 260 g/mol. The summed E-state index contributed by atoms with van der Waals surface area (Å²) in [5.74, 6) is 0.0658. The lowest BCUT2D eigenvalue weighted by atomic mass is 10.0. The van der Waals surface area contributed by atoms with E-state index in [1.54, 1.807) is 4.68 Å². The minimum atomic E-state index is 0.0658. The van der Waals surface area contributed by atoms with Crippen LogP contribution < -0.4 is 0 Å². The molecule has 0 fully saturated rings. The third-order valence-corrected chi connectivity index (χ3v) is 3.82. The van der Waals surface area contributed by atoms with Crippen molar-refractivity contribution in [2.75, 3.05) is 0 Å². The van der Waals surface area contributed by atoms with Gasteiger partial charge in [0.2, 0.25) is 0 Å². The summed E-state index contributed by atoms with van der Waals surface area (Å²) >= 11 is 0. The van der Waals surface area contributed by atoms with E-state index in [4.69, 9.17) is 0 Å². The molecule has 0 aliphatic carbocycles. The fraction of sp³-hybridized carbons (Fsp3) is 0.222. The maximum Gasteiger partial charge on any atom is 0.188 e. The quantitative estimate of drug-likeness (QED) is 0.684. The molecule has 0 saturated carbocycles. The van der Waals surface area contributed by atoms with Crippen LogP contribution in [0.4, 0.5) is 0 Å². The molecule has 0 aliphatic rings. The van der Waals surface area contributed by atoms with Crippen LogP contribution >= 0.6 is 0 Å². The molecule has 106 valence electrons. The lowest BCUT2D eigenvalue weighted by Gasteiger charge is -2.01. The molecule has 3 nitrogen and oxygen atoms in total. The van der Waals surface area contributed by atoms with Crippen LogP contribution in [0.1, 0.15) is 28.5 Å². The van der Waals surface area contributed by atoms with Crippen molar-refractivity contribution in [3.63, 3.8) is 0 Å². The molecule has 3 rings (SSSR count). The van der Waals surface area contributed by atoms with Crippen molar-refractivity contribution < 1.29 is 4.79 Å². The Balaban J connectivity index is 1.90. The summed E-state index contributed by atoms with van der Waals surface area (Å²) < 4.78 is 1.77. The number of Topliss-reactive ketones (excluding diaryl/α,β-unsaturated/α-hetero) is 1. The molecule has 2 aromatic carbocycles. The summed E-state index contributed by atoms with van der Waals surface area (Å²) in [7, 11) is 1.87. The molecule has 0 spiro atoms. The summed E-state index contributed by atoms with van der Waals surface area (Å²) in [6, 6.07) is 16.1. The van der Waals surface area contributed by atoms with Crippen molar-refractivity contribution in [2.24, 2.45) is 7.05 Å². The van der Waals surface area contributed by atoms with Gasteiger partial charge >= 0.3 is 0 Å². The normalized spacial score (nSPS) is 11.0. The van der Waals surface area contributed by atoms with Crippen LogP contribution in [-0.2, 0) is 19.9 Å². The molecule has 0 aliphatic heterocycles. The maximum atomic E-state index is 12.5. The number of hydrogen-bond donors (Lipinski definition) is 0. The number of rotatable bonds is 4. The third kappa shape index (κ3) is 2.59. The highest BCUT2D eigenvalue weighted by atomic mass is 16.1. The van der Waals surface area contributed by atoms with Crippen molar-refractivity contribution in [2.45, 2.75) is 19.8 Å². The molecule has 1 aromatic heterocycles. The average molecular weight is 278 g/mol. The van der Waals surface area contributed by atoms with Crippen molar-refractivity contribution in [3.05, 3.63) is 65.4 Å². The van der Waals surface area contributed by atoms with Gasteiger partial charge in [-0.15, -0.1) is 0 Å². The molecule has 21 heavy (non-hydrogen) atoms. The van der Waals surface area contributed by atoms with Gasteiger partial charge in [0.15, 0.2) is 5.78 Å². The number of hydrogen-bond acceptors (Lipinski definition) is 2. The van der Waals surface area contributed by atoms with Crippen molar-refractivity contribution in [1.82, 2.24) is 9.78 Å². The Kier molecular flexibility index (Phi) is 3.57. The molecule has 0 radical (unpaired) electrons. The first-order valence-electron chi connectivity index (χ1n) is 7.22. The predicted octanol–water partition coefficient (Wildman–Crippen LogP) is 3.56. The Bertz CT molecular complexity index is 785. The fourth-order valence-corrected chi connectivity index (χ4v) is 2.58. The zero-order valence-corrected chi connectivity index (χ0v) is 12.3. The predicted molar refractivity (Wildman–Crippen MR) is 84.6 cm³/mol.